The number of hydrogen-bond donors (Lipinski definition) is 2. The Labute approximate surface area is 122 Å². The molecule has 0 saturated heterocycles. The average molecular weight is 281 g/mol. The first-order valence-electron chi connectivity index (χ1n) is 7.06. The number of amides is 1. The van der Waals surface area contributed by atoms with Crippen LogP contribution >= 0.6 is 0 Å². The highest BCUT2D eigenvalue weighted by Crippen LogP contribution is 2.32. The highest BCUT2D eigenvalue weighted by Gasteiger charge is 2.24. The fraction of sp³-hybridized carbons (Fsp3) is 0.625. The fourth-order valence-electron chi connectivity index (χ4n) is 1.99. The minimum absolute atomic E-state index is 0.0426. The first-order chi connectivity index (χ1) is 9.27. The Kier molecular flexibility index (Phi) is 8.61. The molecule has 20 heavy (non-hydrogen) atoms. The normalized spacial score (nSPS) is 13.8. The second kappa shape index (κ2) is 9.34. The molecule has 0 spiro atoms. The number of carboxylic acids is 1. The molecule has 2 N–H and O–H groups in total. The molecule has 0 radical (unpaired) electrons. The average Bonchev–Trinajstić information content (AvgIpc) is 2.31. The summed E-state index contributed by atoms with van der Waals surface area (Å²) < 4.78 is 0. The molecule has 1 amide bonds. The number of allylic oxidation sites excluding steroid dienone is 3. The number of carbonyl (C=O) groups excluding carboxylic acids is 1. The quantitative estimate of drug-likeness (QED) is 0.530. The fourth-order valence-corrected chi connectivity index (χ4v) is 1.99. The number of carboxylic acid groups (broad SMARTS) is 1. The van der Waals surface area contributed by atoms with E-state index in [1.807, 2.05) is 13.0 Å². The van der Waals surface area contributed by atoms with Crippen molar-refractivity contribution in [1.29, 1.82) is 0 Å². The van der Waals surface area contributed by atoms with E-state index in [0.717, 1.165) is 6.42 Å². The van der Waals surface area contributed by atoms with E-state index in [1.54, 1.807) is 12.2 Å². The van der Waals surface area contributed by atoms with Gasteiger partial charge in [0.2, 0.25) is 5.91 Å². The molecule has 0 bridgehead atoms. The Bertz CT molecular complexity index is 364. The van der Waals surface area contributed by atoms with Crippen molar-refractivity contribution in [2.24, 2.45) is 11.3 Å². The Morgan fingerprint density at radius 1 is 1.20 bits per heavy atom. The third-order valence-corrected chi connectivity index (χ3v) is 3.27. The van der Waals surface area contributed by atoms with Crippen LogP contribution in [0.2, 0.25) is 0 Å². The van der Waals surface area contributed by atoms with E-state index in [1.165, 1.54) is 6.08 Å². The van der Waals surface area contributed by atoms with Crippen LogP contribution in [0.4, 0.5) is 0 Å². The third-order valence-electron chi connectivity index (χ3n) is 3.27. The SMILES string of the molecule is CC=CC=CC(=O)NCCC(CCC(=O)O)C(C)(C)C. The van der Waals surface area contributed by atoms with Crippen molar-refractivity contribution < 1.29 is 14.7 Å². The van der Waals surface area contributed by atoms with Gasteiger partial charge in [-0.2, -0.15) is 0 Å². The molecule has 114 valence electrons. The summed E-state index contributed by atoms with van der Waals surface area (Å²) in [4.78, 5) is 22.2. The Balaban J connectivity index is 4.20. The van der Waals surface area contributed by atoms with Crippen LogP contribution in [0, 0.1) is 11.3 Å². The van der Waals surface area contributed by atoms with Gasteiger partial charge in [-0.3, -0.25) is 9.59 Å². The molecule has 4 heteroatoms. The first-order valence-corrected chi connectivity index (χ1v) is 7.06. The molecule has 0 aromatic carbocycles. The summed E-state index contributed by atoms with van der Waals surface area (Å²) in [6.45, 7) is 8.77. The summed E-state index contributed by atoms with van der Waals surface area (Å²) in [7, 11) is 0. The number of carbonyl (C=O) groups is 2. The molecule has 0 aliphatic carbocycles. The standard InChI is InChI=1S/C16H27NO3/c1-5-6-7-8-14(18)17-12-11-13(16(2,3)4)9-10-15(19)20/h5-8,13H,9-12H2,1-4H3,(H,17,18)(H,19,20). The molecule has 1 atom stereocenters. The van der Waals surface area contributed by atoms with Crippen LogP contribution in [-0.2, 0) is 9.59 Å². The maximum Gasteiger partial charge on any atom is 0.303 e. The molecule has 0 fully saturated rings. The molecule has 0 aliphatic rings. The van der Waals surface area contributed by atoms with Crippen molar-refractivity contribution in [2.45, 2.75) is 47.0 Å². The van der Waals surface area contributed by atoms with E-state index in [9.17, 15) is 9.59 Å². The van der Waals surface area contributed by atoms with Gasteiger partial charge in [-0.15, -0.1) is 0 Å². The second-order valence-electron chi connectivity index (χ2n) is 5.96. The second-order valence-corrected chi connectivity index (χ2v) is 5.96. The van der Waals surface area contributed by atoms with E-state index in [0.29, 0.717) is 13.0 Å². The van der Waals surface area contributed by atoms with Gasteiger partial charge in [0.1, 0.15) is 0 Å². The minimum Gasteiger partial charge on any atom is -0.481 e. The lowest BCUT2D eigenvalue weighted by Gasteiger charge is -2.30. The summed E-state index contributed by atoms with van der Waals surface area (Å²) in [5.41, 5.74) is 0.0426. The zero-order valence-electron chi connectivity index (χ0n) is 13.0. The maximum atomic E-state index is 11.5. The van der Waals surface area contributed by atoms with Gasteiger partial charge in [-0.05, 0) is 31.1 Å². The van der Waals surface area contributed by atoms with Crippen LogP contribution < -0.4 is 5.32 Å². The van der Waals surface area contributed by atoms with Gasteiger partial charge in [-0.1, -0.05) is 39.0 Å². The maximum absolute atomic E-state index is 11.5. The molecular weight excluding hydrogens is 254 g/mol. The van der Waals surface area contributed by atoms with Gasteiger partial charge in [0.15, 0.2) is 0 Å². The third kappa shape index (κ3) is 9.36. The number of nitrogens with one attached hydrogen (secondary N) is 1. The van der Waals surface area contributed by atoms with Crippen LogP contribution in [0.5, 0.6) is 0 Å². The van der Waals surface area contributed by atoms with Crippen molar-refractivity contribution in [3.8, 4) is 0 Å². The van der Waals surface area contributed by atoms with Crippen LogP contribution in [0.1, 0.15) is 47.0 Å². The Morgan fingerprint density at radius 3 is 2.35 bits per heavy atom. The number of rotatable bonds is 8. The zero-order chi connectivity index (χ0) is 15.6. The predicted molar refractivity (Wildman–Crippen MR) is 81.4 cm³/mol. The Morgan fingerprint density at radius 2 is 1.85 bits per heavy atom. The summed E-state index contributed by atoms with van der Waals surface area (Å²) in [5, 5.41) is 11.6. The van der Waals surface area contributed by atoms with Crippen molar-refractivity contribution >= 4 is 11.9 Å². The lowest BCUT2D eigenvalue weighted by atomic mass is 9.76. The smallest absolute Gasteiger partial charge is 0.303 e. The highest BCUT2D eigenvalue weighted by atomic mass is 16.4. The van der Waals surface area contributed by atoms with E-state index in [4.69, 9.17) is 5.11 Å². The molecule has 0 aromatic rings. The van der Waals surface area contributed by atoms with Crippen LogP contribution in [0.3, 0.4) is 0 Å². The van der Waals surface area contributed by atoms with E-state index >= 15 is 0 Å². The number of aliphatic carboxylic acids is 1. The molecule has 0 heterocycles. The summed E-state index contributed by atoms with van der Waals surface area (Å²) >= 11 is 0. The van der Waals surface area contributed by atoms with Gasteiger partial charge in [-0.25, -0.2) is 0 Å². The molecule has 0 saturated carbocycles. The van der Waals surface area contributed by atoms with Crippen molar-refractivity contribution in [2.75, 3.05) is 6.54 Å². The van der Waals surface area contributed by atoms with Gasteiger partial charge >= 0.3 is 5.97 Å². The topological polar surface area (TPSA) is 66.4 Å². The number of hydrogen-bond acceptors (Lipinski definition) is 2. The van der Waals surface area contributed by atoms with Gasteiger partial charge in [0.25, 0.3) is 0 Å². The van der Waals surface area contributed by atoms with Gasteiger partial charge in [0.05, 0.1) is 0 Å². The van der Waals surface area contributed by atoms with Crippen molar-refractivity contribution in [3.63, 3.8) is 0 Å². The lowest BCUT2D eigenvalue weighted by Crippen LogP contribution is -2.29. The van der Waals surface area contributed by atoms with E-state index in [2.05, 4.69) is 26.1 Å². The largest absolute Gasteiger partial charge is 0.481 e. The van der Waals surface area contributed by atoms with Crippen LogP contribution in [0.15, 0.2) is 24.3 Å². The molecular formula is C16H27NO3. The lowest BCUT2D eigenvalue weighted by molar-refractivity contribution is -0.137. The van der Waals surface area contributed by atoms with Crippen LogP contribution in [0.25, 0.3) is 0 Å². The molecule has 1 unspecified atom stereocenters. The highest BCUT2D eigenvalue weighted by molar-refractivity contribution is 5.87. The zero-order valence-corrected chi connectivity index (χ0v) is 13.0. The van der Waals surface area contributed by atoms with E-state index < -0.39 is 5.97 Å². The van der Waals surface area contributed by atoms with E-state index in [-0.39, 0.29) is 23.7 Å². The Hall–Kier alpha value is -1.58. The van der Waals surface area contributed by atoms with Gasteiger partial charge in [0, 0.05) is 19.0 Å². The molecule has 0 aromatic heterocycles. The first kappa shape index (κ1) is 18.4. The molecule has 0 rings (SSSR count). The predicted octanol–water partition coefficient (Wildman–Crippen LogP) is 3.15. The minimum atomic E-state index is -0.766. The molecule has 0 aliphatic heterocycles. The van der Waals surface area contributed by atoms with Crippen molar-refractivity contribution in [1.82, 2.24) is 5.32 Å². The summed E-state index contributed by atoms with van der Waals surface area (Å²) in [6.07, 6.45) is 8.44. The summed E-state index contributed by atoms with van der Waals surface area (Å²) in [5.74, 6) is -0.606. The van der Waals surface area contributed by atoms with Gasteiger partial charge < -0.3 is 10.4 Å². The summed E-state index contributed by atoms with van der Waals surface area (Å²) in [6, 6.07) is 0. The monoisotopic (exact) mass is 281 g/mol. The van der Waals surface area contributed by atoms with Crippen LogP contribution in [-0.4, -0.2) is 23.5 Å². The van der Waals surface area contributed by atoms with Crippen molar-refractivity contribution in [3.05, 3.63) is 24.3 Å². The molecule has 4 nitrogen and oxygen atoms in total.